The van der Waals surface area contributed by atoms with Crippen molar-refractivity contribution in [1.82, 2.24) is 5.32 Å². The topological polar surface area (TPSA) is 93.5 Å². The summed E-state index contributed by atoms with van der Waals surface area (Å²) in [6.45, 7) is 4.79. The number of nitrogens with one attached hydrogen (secondary N) is 2. The number of benzene rings is 2. The lowest BCUT2D eigenvalue weighted by Crippen LogP contribution is -2.34. The Labute approximate surface area is 162 Å². The zero-order valence-electron chi connectivity index (χ0n) is 15.1. The van der Waals surface area contributed by atoms with Crippen LogP contribution < -0.4 is 15.4 Å². The molecule has 142 valence electrons. The van der Waals surface area contributed by atoms with Crippen molar-refractivity contribution >= 4 is 34.6 Å². The Hall–Kier alpha value is -3.00. The number of nitrogens with zero attached hydrogens (tertiary/aromatic N) is 1. The minimum atomic E-state index is -0.523. The summed E-state index contributed by atoms with van der Waals surface area (Å²) in [6.07, 6.45) is 0.917. The second kappa shape index (κ2) is 9.63. The van der Waals surface area contributed by atoms with E-state index >= 15 is 0 Å². The number of rotatable bonds is 7. The van der Waals surface area contributed by atoms with Crippen molar-refractivity contribution in [3.8, 4) is 5.75 Å². The van der Waals surface area contributed by atoms with Gasteiger partial charge in [0.05, 0.1) is 11.5 Å². The van der Waals surface area contributed by atoms with E-state index in [2.05, 4.69) is 24.5 Å². The molecule has 0 fully saturated rings. The van der Waals surface area contributed by atoms with E-state index in [0.29, 0.717) is 23.8 Å². The van der Waals surface area contributed by atoms with Crippen molar-refractivity contribution < 1.29 is 14.5 Å². The number of anilines is 1. The molecule has 8 heteroatoms. The Morgan fingerprint density at radius 2 is 1.96 bits per heavy atom. The molecule has 0 spiro atoms. The first kappa shape index (κ1) is 20.3. The lowest BCUT2D eigenvalue weighted by molar-refractivity contribution is -0.383. The van der Waals surface area contributed by atoms with Gasteiger partial charge in [0.2, 0.25) is 0 Å². The van der Waals surface area contributed by atoms with Crippen molar-refractivity contribution in [3.05, 3.63) is 64.2 Å². The van der Waals surface area contributed by atoms with E-state index in [0.717, 1.165) is 6.42 Å². The predicted octanol–water partition coefficient (Wildman–Crippen LogP) is 4.15. The summed E-state index contributed by atoms with van der Waals surface area (Å²) in [5.74, 6) is 0.697. The van der Waals surface area contributed by atoms with E-state index in [1.807, 2.05) is 0 Å². The van der Waals surface area contributed by atoms with Crippen LogP contribution in [0.2, 0.25) is 0 Å². The zero-order chi connectivity index (χ0) is 19.8. The Kier molecular flexibility index (Phi) is 7.25. The quantitative estimate of drug-likeness (QED) is 0.421. The normalized spacial score (nSPS) is 10.3. The van der Waals surface area contributed by atoms with E-state index in [-0.39, 0.29) is 16.5 Å². The Morgan fingerprint density at radius 1 is 1.22 bits per heavy atom. The zero-order valence-corrected chi connectivity index (χ0v) is 15.9. The molecule has 7 nitrogen and oxygen atoms in total. The van der Waals surface area contributed by atoms with Crippen LogP contribution in [0.1, 0.15) is 30.6 Å². The summed E-state index contributed by atoms with van der Waals surface area (Å²) in [5, 5.41) is 16.2. The molecule has 0 atom stereocenters. The molecular weight excluding hydrogens is 366 g/mol. The van der Waals surface area contributed by atoms with Crippen molar-refractivity contribution in [1.29, 1.82) is 0 Å². The number of carbonyl (C=O) groups excluding carboxylic acids is 1. The molecule has 0 aliphatic heterocycles. The van der Waals surface area contributed by atoms with Gasteiger partial charge < -0.3 is 10.1 Å². The highest BCUT2D eigenvalue weighted by Crippen LogP contribution is 2.23. The van der Waals surface area contributed by atoms with Crippen LogP contribution in [0.3, 0.4) is 0 Å². The molecule has 0 unspecified atom stereocenters. The fourth-order valence-electron chi connectivity index (χ4n) is 2.21. The van der Waals surface area contributed by atoms with E-state index in [4.69, 9.17) is 17.0 Å². The molecule has 2 aromatic rings. The van der Waals surface area contributed by atoms with Crippen molar-refractivity contribution in [2.75, 3.05) is 11.9 Å². The first-order chi connectivity index (χ1) is 12.9. The maximum Gasteiger partial charge on any atom is 0.292 e. The van der Waals surface area contributed by atoms with E-state index in [1.165, 1.54) is 12.1 Å². The summed E-state index contributed by atoms with van der Waals surface area (Å²) in [6, 6.07) is 12.8. The van der Waals surface area contributed by atoms with Crippen LogP contribution in [0.15, 0.2) is 48.5 Å². The predicted molar refractivity (Wildman–Crippen MR) is 108 cm³/mol. The Balaban J connectivity index is 1.98. The largest absolute Gasteiger partial charge is 0.494 e. The van der Waals surface area contributed by atoms with Gasteiger partial charge in [0.25, 0.3) is 11.6 Å². The van der Waals surface area contributed by atoms with Crippen molar-refractivity contribution in [3.63, 3.8) is 0 Å². The van der Waals surface area contributed by atoms with E-state index in [1.54, 1.807) is 36.4 Å². The van der Waals surface area contributed by atoms with Crippen LogP contribution in [0.5, 0.6) is 5.75 Å². The molecule has 0 aliphatic rings. The van der Waals surface area contributed by atoms with Crippen LogP contribution in [-0.4, -0.2) is 22.5 Å². The molecule has 2 rings (SSSR count). The van der Waals surface area contributed by atoms with Crippen LogP contribution in [0, 0.1) is 16.0 Å². The minimum Gasteiger partial charge on any atom is -0.494 e. The molecular formula is C19H21N3O4S. The lowest BCUT2D eigenvalue weighted by atomic mass is 10.1. The monoisotopic (exact) mass is 387 g/mol. The number of hydrogen-bond donors (Lipinski definition) is 2. The molecule has 0 radical (unpaired) electrons. The average Bonchev–Trinajstić information content (AvgIpc) is 2.61. The van der Waals surface area contributed by atoms with Crippen molar-refractivity contribution in [2.24, 2.45) is 5.92 Å². The maximum atomic E-state index is 12.4. The summed E-state index contributed by atoms with van der Waals surface area (Å²) in [5.41, 5.74) is 0.456. The fourth-order valence-corrected chi connectivity index (χ4v) is 2.41. The maximum absolute atomic E-state index is 12.4. The van der Waals surface area contributed by atoms with E-state index in [9.17, 15) is 14.9 Å². The summed E-state index contributed by atoms with van der Waals surface area (Å²) < 4.78 is 5.65. The van der Waals surface area contributed by atoms with Crippen LogP contribution >= 0.6 is 12.2 Å². The average molecular weight is 387 g/mol. The van der Waals surface area contributed by atoms with E-state index < -0.39 is 10.8 Å². The highest BCUT2D eigenvalue weighted by molar-refractivity contribution is 7.80. The van der Waals surface area contributed by atoms with Crippen molar-refractivity contribution in [2.45, 2.75) is 20.3 Å². The smallest absolute Gasteiger partial charge is 0.292 e. The van der Waals surface area contributed by atoms with Crippen LogP contribution in [-0.2, 0) is 0 Å². The number of thiocarbonyl (C=S) groups is 1. The molecule has 0 saturated carbocycles. The van der Waals surface area contributed by atoms with Gasteiger partial charge in [0, 0.05) is 11.6 Å². The molecule has 0 aromatic heterocycles. The van der Waals surface area contributed by atoms with Gasteiger partial charge in [-0.2, -0.15) is 0 Å². The molecule has 27 heavy (non-hydrogen) atoms. The Morgan fingerprint density at radius 3 is 2.67 bits per heavy atom. The third-order valence-electron chi connectivity index (χ3n) is 3.64. The summed E-state index contributed by atoms with van der Waals surface area (Å²) in [7, 11) is 0. The van der Waals surface area contributed by atoms with Gasteiger partial charge in [-0.25, -0.2) is 0 Å². The van der Waals surface area contributed by atoms with Gasteiger partial charge in [-0.3, -0.25) is 20.2 Å². The molecule has 2 aromatic carbocycles. The molecule has 0 bridgehead atoms. The molecule has 0 aliphatic carbocycles. The third kappa shape index (κ3) is 6.34. The molecule has 0 saturated heterocycles. The number of ether oxygens (including phenoxy) is 1. The first-order valence-corrected chi connectivity index (χ1v) is 8.86. The number of nitro groups is 1. The minimum absolute atomic E-state index is 0.0274. The van der Waals surface area contributed by atoms with Gasteiger partial charge >= 0.3 is 0 Å². The van der Waals surface area contributed by atoms with Gasteiger partial charge in [-0.1, -0.05) is 32.0 Å². The fraction of sp³-hybridized carbons (Fsp3) is 0.263. The van der Waals surface area contributed by atoms with Gasteiger partial charge in [-0.15, -0.1) is 0 Å². The number of hydrogen-bond acceptors (Lipinski definition) is 5. The number of nitro benzene ring substituents is 1. The molecule has 1 amide bonds. The number of amides is 1. The second-order valence-corrected chi connectivity index (χ2v) is 6.65. The van der Waals surface area contributed by atoms with Crippen LogP contribution in [0.25, 0.3) is 0 Å². The molecule has 0 heterocycles. The SMILES string of the molecule is CC(C)CCOc1cccc(C(=O)NC(=S)Nc2ccccc2[N+](=O)[O-])c1. The van der Waals surface area contributed by atoms with Gasteiger partial charge in [0.1, 0.15) is 11.4 Å². The molecule has 2 N–H and O–H groups in total. The number of para-hydroxylation sites is 2. The lowest BCUT2D eigenvalue weighted by Gasteiger charge is -2.11. The summed E-state index contributed by atoms with van der Waals surface area (Å²) >= 11 is 5.09. The standard InChI is InChI=1S/C19H21N3O4S/c1-13(2)10-11-26-15-7-5-6-14(12-15)18(23)21-19(27)20-16-8-3-4-9-17(16)22(24)25/h3-9,12-13H,10-11H2,1-2H3,(H2,20,21,23,27). The highest BCUT2D eigenvalue weighted by Gasteiger charge is 2.15. The Bertz CT molecular complexity index is 839. The van der Waals surface area contributed by atoms with Gasteiger partial charge in [0.15, 0.2) is 5.11 Å². The van der Waals surface area contributed by atoms with Crippen LogP contribution in [0.4, 0.5) is 11.4 Å². The van der Waals surface area contributed by atoms with Gasteiger partial charge in [-0.05, 0) is 48.8 Å². The highest BCUT2D eigenvalue weighted by atomic mass is 32.1. The summed E-state index contributed by atoms with van der Waals surface area (Å²) in [4.78, 5) is 22.9. The number of carbonyl (C=O) groups is 1. The first-order valence-electron chi connectivity index (χ1n) is 8.45. The second-order valence-electron chi connectivity index (χ2n) is 6.24. The third-order valence-corrected chi connectivity index (χ3v) is 3.84.